The second kappa shape index (κ2) is 8.55. The Bertz CT molecular complexity index is 957. The summed E-state index contributed by atoms with van der Waals surface area (Å²) in [6.45, 7) is 4.27. The number of anilines is 1. The molecule has 0 amide bonds. The zero-order valence-corrected chi connectivity index (χ0v) is 17.4. The van der Waals surface area contributed by atoms with Crippen LogP contribution in [-0.2, 0) is 11.3 Å². The lowest BCUT2D eigenvalue weighted by molar-refractivity contribution is 0.0538. The molecular weight excluding hydrogens is 385 g/mol. The van der Waals surface area contributed by atoms with Gasteiger partial charge in [0.2, 0.25) is 5.95 Å². The van der Waals surface area contributed by atoms with Crippen molar-refractivity contribution in [2.24, 2.45) is 11.1 Å². The first-order chi connectivity index (χ1) is 14.4. The van der Waals surface area contributed by atoms with E-state index in [9.17, 15) is 9.50 Å². The van der Waals surface area contributed by atoms with Crippen LogP contribution < -0.4 is 11.1 Å². The topological polar surface area (TPSA) is 106 Å². The van der Waals surface area contributed by atoms with Gasteiger partial charge >= 0.3 is 0 Å². The number of aryl methyl sites for hydroxylation is 2. The maximum absolute atomic E-state index is 13.6. The van der Waals surface area contributed by atoms with Gasteiger partial charge in [-0.2, -0.15) is 0 Å². The molecule has 0 radical (unpaired) electrons. The van der Waals surface area contributed by atoms with E-state index in [1.54, 1.807) is 6.07 Å². The summed E-state index contributed by atoms with van der Waals surface area (Å²) >= 11 is 0. The third kappa shape index (κ3) is 4.38. The van der Waals surface area contributed by atoms with Gasteiger partial charge in [-0.3, -0.25) is 0 Å². The number of benzene rings is 1. The van der Waals surface area contributed by atoms with E-state index < -0.39 is 0 Å². The molecule has 0 bridgehead atoms. The zero-order valence-electron chi connectivity index (χ0n) is 17.4. The number of amidine groups is 1. The summed E-state index contributed by atoms with van der Waals surface area (Å²) < 4.78 is 13.6. The highest BCUT2D eigenvalue weighted by Crippen LogP contribution is 2.29. The van der Waals surface area contributed by atoms with Crippen molar-refractivity contribution in [1.29, 1.82) is 0 Å². The summed E-state index contributed by atoms with van der Waals surface area (Å²) in [5, 5.41) is 17.5. The molecule has 2 aromatic rings. The van der Waals surface area contributed by atoms with Gasteiger partial charge in [-0.25, -0.2) is 14.4 Å². The first-order valence-electron chi connectivity index (χ1n) is 10.4. The first-order valence-corrected chi connectivity index (χ1v) is 10.4. The number of fused-ring (bicyclic) bond motifs is 1. The number of aliphatic hydroxyl groups is 1. The quantitative estimate of drug-likeness (QED) is 0.666. The number of nitrogens with zero attached hydrogens (tertiary/aromatic N) is 3. The molecule has 160 valence electrons. The van der Waals surface area contributed by atoms with E-state index in [0.717, 1.165) is 53.8 Å². The van der Waals surface area contributed by atoms with E-state index in [4.69, 9.17) is 10.6 Å². The van der Waals surface area contributed by atoms with Crippen LogP contribution in [-0.4, -0.2) is 33.6 Å². The van der Waals surface area contributed by atoms with Crippen molar-refractivity contribution in [3.63, 3.8) is 0 Å². The van der Waals surface area contributed by atoms with Crippen LogP contribution in [0, 0.1) is 25.6 Å². The van der Waals surface area contributed by atoms with E-state index in [0.29, 0.717) is 24.8 Å². The maximum Gasteiger partial charge on any atom is 0.220 e. The molecule has 30 heavy (non-hydrogen) atoms. The number of nitrogen functional groups attached to an aromatic ring is 1. The lowest BCUT2D eigenvalue weighted by Crippen LogP contribution is -2.38. The molecule has 0 saturated heterocycles. The number of halogens is 1. The van der Waals surface area contributed by atoms with Crippen LogP contribution in [0.1, 0.15) is 59.8 Å². The van der Waals surface area contributed by atoms with Gasteiger partial charge < -0.3 is 21.0 Å². The lowest BCUT2D eigenvalue weighted by atomic mass is 9.88. The highest BCUT2D eigenvalue weighted by Gasteiger charge is 2.29. The second-order valence-corrected chi connectivity index (χ2v) is 8.30. The number of nitrogens with two attached hydrogens (primary N) is 1. The van der Waals surface area contributed by atoms with Crippen molar-refractivity contribution in [1.82, 2.24) is 15.3 Å². The van der Waals surface area contributed by atoms with Crippen LogP contribution in [0.3, 0.4) is 0 Å². The van der Waals surface area contributed by atoms with Gasteiger partial charge in [-0.05, 0) is 68.7 Å². The summed E-state index contributed by atoms with van der Waals surface area (Å²) in [6.07, 6.45) is 3.89. The van der Waals surface area contributed by atoms with Crippen molar-refractivity contribution < 1.29 is 14.3 Å². The third-order valence-electron chi connectivity index (χ3n) is 6.02. The summed E-state index contributed by atoms with van der Waals surface area (Å²) in [7, 11) is 0. The van der Waals surface area contributed by atoms with Gasteiger partial charge in [0.25, 0.3) is 0 Å². The number of hydrogen-bond acceptors (Lipinski definition) is 6. The van der Waals surface area contributed by atoms with Crippen molar-refractivity contribution in [3.05, 3.63) is 52.1 Å². The standard InChI is InChI=1S/C22H28FN5O2/c1-12-9-15(23)5-8-17(12)18-10-19-20(13(2)25-22(24)27-19)21(26-18)28-30-11-14-3-6-16(29)7-4-14/h5,8-9,14,16,18,29H,3-4,6-7,10-11H2,1-2H3,(H,26,28)(H2,24,25,27)/t14?,16?,18-/m1/s1. The molecular formula is C22H28FN5O2. The molecule has 1 fully saturated rings. The predicted octanol–water partition coefficient (Wildman–Crippen LogP) is 2.93. The molecule has 1 aromatic heterocycles. The molecule has 0 unspecified atom stereocenters. The van der Waals surface area contributed by atoms with Crippen LogP contribution in [0.15, 0.2) is 23.4 Å². The molecule has 0 spiro atoms. The molecule has 2 aliphatic rings. The second-order valence-electron chi connectivity index (χ2n) is 8.30. The Morgan fingerprint density at radius 1 is 1.23 bits per heavy atom. The molecule has 8 heteroatoms. The molecule has 4 N–H and O–H groups in total. The fraction of sp³-hybridized carbons (Fsp3) is 0.500. The Kier molecular flexibility index (Phi) is 5.85. The van der Waals surface area contributed by atoms with Gasteiger partial charge in [0, 0.05) is 6.42 Å². The molecule has 1 aromatic carbocycles. The lowest BCUT2D eigenvalue weighted by Gasteiger charge is -2.29. The number of oxime groups is 1. The Balaban J connectivity index is 1.59. The Labute approximate surface area is 175 Å². The Morgan fingerprint density at radius 2 is 2.00 bits per heavy atom. The minimum absolute atomic E-state index is 0.126. The van der Waals surface area contributed by atoms with E-state index in [1.807, 2.05) is 13.8 Å². The van der Waals surface area contributed by atoms with Crippen LogP contribution in [0.5, 0.6) is 0 Å². The highest BCUT2D eigenvalue weighted by atomic mass is 19.1. The molecule has 4 rings (SSSR count). The van der Waals surface area contributed by atoms with E-state index in [1.165, 1.54) is 12.1 Å². The van der Waals surface area contributed by atoms with Crippen molar-refractivity contribution >= 4 is 11.8 Å². The largest absolute Gasteiger partial charge is 0.394 e. The normalized spacial score (nSPS) is 24.9. The van der Waals surface area contributed by atoms with Crippen LogP contribution in [0.2, 0.25) is 0 Å². The molecule has 2 heterocycles. The third-order valence-corrected chi connectivity index (χ3v) is 6.02. The van der Waals surface area contributed by atoms with Gasteiger partial charge in [0.15, 0.2) is 5.84 Å². The fourth-order valence-corrected chi connectivity index (χ4v) is 4.40. The number of nitrogens with one attached hydrogen (secondary N) is 1. The average molecular weight is 413 g/mol. The summed E-state index contributed by atoms with van der Waals surface area (Å²) in [5.41, 5.74) is 10.1. The van der Waals surface area contributed by atoms with Crippen molar-refractivity contribution in [3.8, 4) is 0 Å². The summed E-state index contributed by atoms with van der Waals surface area (Å²) in [4.78, 5) is 14.4. The molecule has 1 aliphatic carbocycles. The Morgan fingerprint density at radius 3 is 2.73 bits per heavy atom. The minimum Gasteiger partial charge on any atom is -0.394 e. The minimum atomic E-state index is -0.260. The SMILES string of the molecule is Cc1cc(F)ccc1[C@H]1Cc2nc(N)nc(C)c2/C(=N/OCC2CCC(O)CC2)N1. The van der Waals surface area contributed by atoms with Gasteiger partial charge in [-0.1, -0.05) is 11.2 Å². The van der Waals surface area contributed by atoms with Crippen LogP contribution >= 0.6 is 0 Å². The number of aliphatic hydroxyl groups excluding tert-OH is 1. The van der Waals surface area contributed by atoms with E-state index in [2.05, 4.69) is 20.4 Å². The van der Waals surface area contributed by atoms with Crippen molar-refractivity contribution in [2.75, 3.05) is 12.3 Å². The smallest absolute Gasteiger partial charge is 0.220 e. The monoisotopic (exact) mass is 413 g/mol. The molecule has 1 atom stereocenters. The Hall–Kier alpha value is -2.74. The van der Waals surface area contributed by atoms with Gasteiger partial charge in [0.05, 0.1) is 29.1 Å². The number of rotatable bonds is 4. The highest BCUT2D eigenvalue weighted by molar-refractivity contribution is 6.01. The average Bonchev–Trinajstić information content (AvgIpc) is 2.68. The summed E-state index contributed by atoms with van der Waals surface area (Å²) in [5.74, 6) is 0.923. The number of aromatic nitrogens is 2. The van der Waals surface area contributed by atoms with Gasteiger partial charge in [-0.15, -0.1) is 0 Å². The zero-order chi connectivity index (χ0) is 21.3. The van der Waals surface area contributed by atoms with Crippen molar-refractivity contribution in [2.45, 2.75) is 58.1 Å². The van der Waals surface area contributed by atoms with E-state index in [-0.39, 0.29) is 23.9 Å². The maximum atomic E-state index is 13.6. The first kappa shape index (κ1) is 20.5. The summed E-state index contributed by atoms with van der Waals surface area (Å²) in [6, 6.07) is 4.65. The molecule has 1 saturated carbocycles. The van der Waals surface area contributed by atoms with E-state index >= 15 is 0 Å². The number of hydrogen-bond donors (Lipinski definition) is 3. The molecule has 1 aliphatic heterocycles. The predicted molar refractivity (Wildman–Crippen MR) is 112 cm³/mol. The van der Waals surface area contributed by atoms with Crippen LogP contribution in [0.25, 0.3) is 0 Å². The fourth-order valence-electron chi connectivity index (χ4n) is 4.40. The van der Waals surface area contributed by atoms with Gasteiger partial charge in [0.1, 0.15) is 12.4 Å². The molecule has 7 nitrogen and oxygen atoms in total. The van der Waals surface area contributed by atoms with Crippen LogP contribution in [0.4, 0.5) is 10.3 Å².